The fraction of sp³-hybridized carbons (Fsp3) is 0. The average molecular weight is 626 g/mol. The van der Waals surface area contributed by atoms with Crippen molar-refractivity contribution in [3.8, 4) is 34.0 Å². The van der Waals surface area contributed by atoms with Crippen molar-refractivity contribution >= 4 is 71.4 Å². The summed E-state index contributed by atoms with van der Waals surface area (Å²) in [5.74, 6) is 0. The number of aromatic nitrogens is 1. The molecule has 0 fully saturated rings. The highest BCUT2D eigenvalue weighted by atomic mass is 16.3. The Morgan fingerprint density at radius 2 is 1.10 bits per heavy atom. The molecule has 0 aliphatic rings. The topological polar surface area (TPSA) is 59.4 Å². The zero-order chi connectivity index (χ0) is 32.6. The van der Waals surface area contributed by atoms with Crippen LogP contribution in [0.3, 0.4) is 0 Å². The summed E-state index contributed by atoms with van der Waals surface area (Å²) in [6.07, 6.45) is 0. The lowest BCUT2D eigenvalue weighted by Gasteiger charge is -2.16. The molecule has 10 rings (SSSR count). The minimum Gasteiger partial charge on any atom is -0.456 e. The van der Waals surface area contributed by atoms with E-state index < -0.39 is 0 Å². The van der Waals surface area contributed by atoms with E-state index in [1.165, 1.54) is 0 Å². The van der Waals surface area contributed by atoms with Crippen molar-refractivity contribution in [1.82, 2.24) is 4.57 Å². The molecular weight excluding hydrogens is 603 g/mol. The molecular formula is C44H23N3O2. The summed E-state index contributed by atoms with van der Waals surface area (Å²) in [4.78, 5) is 3.61. The number of fused-ring (bicyclic) bond motifs is 9. The van der Waals surface area contributed by atoms with Crippen LogP contribution in [0.5, 0.6) is 0 Å². The van der Waals surface area contributed by atoms with Gasteiger partial charge in [0.1, 0.15) is 28.4 Å². The van der Waals surface area contributed by atoms with Gasteiger partial charge >= 0.3 is 0 Å². The molecule has 5 nitrogen and oxygen atoms in total. The minimum atomic E-state index is 0.602. The van der Waals surface area contributed by atoms with Gasteiger partial charge in [-0.15, -0.1) is 0 Å². The number of nitrogens with zero attached hydrogens (tertiary/aromatic N) is 3. The second-order valence-electron chi connectivity index (χ2n) is 12.3. The Hall–Kier alpha value is -7.08. The standard InChI is InChI=1S/C44H23N3O2/c1-46-30-10-6-8-26(20-30)27-16-18-40-34(21-27)36-23-37-35-22-28(17-19-41(35)49-43(37)24-42(36)48-40)31-13-7-9-29(25-45)44(31)47-38-14-4-2-11-32(38)33-12-3-5-15-39(33)47/h2-24H. The van der Waals surface area contributed by atoms with Crippen LogP contribution < -0.4 is 0 Å². The molecule has 0 saturated heterocycles. The monoisotopic (exact) mass is 625 g/mol. The summed E-state index contributed by atoms with van der Waals surface area (Å²) in [6, 6.07) is 49.4. The summed E-state index contributed by atoms with van der Waals surface area (Å²) < 4.78 is 14.9. The fourth-order valence-electron chi connectivity index (χ4n) is 7.42. The Labute approximate surface area is 279 Å². The lowest BCUT2D eigenvalue weighted by Crippen LogP contribution is -2.00. The van der Waals surface area contributed by atoms with E-state index >= 15 is 0 Å². The predicted octanol–water partition coefficient (Wildman–Crippen LogP) is 12.3. The van der Waals surface area contributed by atoms with Gasteiger partial charge in [0.2, 0.25) is 0 Å². The predicted molar refractivity (Wildman–Crippen MR) is 197 cm³/mol. The molecule has 0 unspecified atom stereocenters. The molecule has 0 bridgehead atoms. The Morgan fingerprint density at radius 1 is 0.510 bits per heavy atom. The Balaban J connectivity index is 1.20. The molecule has 0 atom stereocenters. The van der Waals surface area contributed by atoms with Crippen molar-refractivity contribution in [3.05, 3.63) is 157 Å². The first-order valence-electron chi connectivity index (χ1n) is 16.0. The van der Waals surface area contributed by atoms with Crippen LogP contribution in [0.25, 0.3) is 98.5 Å². The maximum Gasteiger partial charge on any atom is 0.187 e. The number of para-hydroxylation sites is 3. The number of rotatable bonds is 3. The second kappa shape index (κ2) is 10.2. The van der Waals surface area contributed by atoms with Crippen molar-refractivity contribution in [3.63, 3.8) is 0 Å². The summed E-state index contributed by atoms with van der Waals surface area (Å²) in [7, 11) is 0. The highest BCUT2D eigenvalue weighted by molar-refractivity contribution is 6.16. The molecule has 226 valence electrons. The van der Waals surface area contributed by atoms with E-state index in [0.717, 1.165) is 93.6 Å². The van der Waals surface area contributed by atoms with Gasteiger partial charge < -0.3 is 13.4 Å². The summed E-state index contributed by atoms with van der Waals surface area (Å²) in [6.45, 7) is 7.43. The number of furan rings is 2. The van der Waals surface area contributed by atoms with Gasteiger partial charge in [-0.3, -0.25) is 0 Å². The van der Waals surface area contributed by atoms with Crippen molar-refractivity contribution in [2.75, 3.05) is 0 Å². The lowest BCUT2D eigenvalue weighted by atomic mass is 9.97. The first-order chi connectivity index (χ1) is 24.2. The molecule has 0 aliphatic carbocycles. The molecule has 3 aromatic heterocycles. The molecule has 0 saturated carbocycles. The Kier molecular flexibility index (Phi) is 5.64. The molecule has 3 heterocycles. The van der Waals surface area contributed by atoms with Gasteiger partial charge in [-0.2, -0.15) is 5.26 Å². The zero-order valence-corrected chi connectivity index (χ0v) is 25.9. The van der Waals surface area contributed by atoms with Crippen molar-refractivity contribution in [2.24, 2.45) is 0 Å². The third-order valence-corrected chi connectivity index (χ3v) is 9.64. The van der Waals surface area contributed by atoms with Crippen molar-refractivity contribution in [2.45, 2.75) is 0 Å². The van der Waals surface area contributed by atoms with Crippen LogP contribution in [0.4, 0.5) is 5.69 Å². The van der Waals surface area contributed by atoms with Crippen LogP contribution in [-0.4, -0.2) is 4.57 Å². The Bertz CT molecular complexity index is 3030. The van der Waals surface area contributed by atoms with Crippen LogP contribution in [0.2, 0.25) is 0 Å². The van der Waals surface area contributed by atoms with Crippen LogP contribution in [0, 0.1) is 17.9 Å². The van der Waals surface area contributed by atoms with E-state index in [2.05, 4.69) is 82.2 Å². The molecule has 0 N–H and O–H groups in total. The van der Waals surface area contributed by atoms with Gasteiger partial charge in [-0.1, -0.05) is 78.9 Å². The third-order valence-electron chi connectivity index (χ3n) is 9.64. The molecule has 0 aliphatic heterocycles. The van der Waals surface area contributed by atoms with Crippen LogP contribution in [0.15, 0.2) is 148 Å². The molecule has 7 aromatic carbocycles. The number of benzene rings is 7. The van der Waals surface area contributed by atoms with Crippen molar-refractivity contribution < 1.29 is 8.83 Å². The number of hydrogen-bond donors (Lipinski definition) is 0. The molecule has 5 heteroatoms. The smallest absolute Gasteiger partial charge is 0.187 e. The molecule has 0 radical (unpaired) electrons. The highest BCUT2D eigenvalue weighted by Gasteiger charge is 2.20. The summed E-state index contributed by atoms with van der Waals surface area (Å²) in [5.41, 5.74) is 11.2. The van der Waals surface area contributed by atoms with Gasteiger partial charge in [-0.05, 0) is 71.3 Å². The number of hydrogen-bond acceptors (Lipinski definition) is 3. The van der Waals surface area contributed by atoms with E-state index in [9.17, 15) is 5.26 Å². The minimum absolute atomic E-state index is 0.602. The summed E-state index contributed by atoms with van der Waals surface area (Å²) >= 11 is 0. The van der Waals surface area contributed by atoms with E-state index in [1.54, 1.807) is 0 Å². The first kappa shape index (κ1) is 27.1. The second-order valence-corrected chi connectivity index (χ2v) is 12.3. The zero-order valence-electron chi connectivity index (χ0n) is 25.9. The third kappa shape index (κ3) is 3.97. The largest absolute Gasteiger partial charge is 0.456 e. The normalized spacial score (nSPS) is 11.6. The maximum absolute atomic E-state index is 10.4. The highest BCUT2D eigenvalue weighted by Crippen LogP contribution is 2.42. The van der Waals surface area contributed by atoms with E-state index in [-0.39, 0.29) is 0 Å². The maximum atomic E-state index is 10.4. The average Bonchev–Trinajstić information content (AvgIpc) is 3.81. The first-order valence-corrected chi connectivity index (χ1v) is 16.0. The number of nitriles is 1. The molecule has 0 amide bonds. The van der Waals surface area contributed by atoms with Gasteiger partial charge in [0.05, 0.1) is 28.9 Å². The molecule has 0 spiro atoms. The van der Waals surface area contributed by atoms with E-state index in [1.807, 2.05) is 72.8 Å². The fourth-order valence-corrected chi connectivity index (χ4v) is 7.42. The van der Waals surface area contributed by atoms with E-state index in [0.29, 0.717) is 11.3 Å². The lowest BCUT2D eigenvalue weighted by molar-refractivity contribution is 0.656. The van der Waals surface area contributed by atoms with Crippen molar-refractivity contribution in [1.29, 1.82) is 5.26 Å². The van der Waals surface area contributed by atoms with E-state index in [4.69, 9.17) is 15.4 Å². The van der Waals surface area contributed by atoms with Crippen LogP contribution in [-0.2, 0) is 0 Å². The Morgan fingerprint density at radius 3 is 1.78 bits per heavy atom. The van der Waals surface area contributed by atoms with Crippen LogP contribution >= 0.6 is 0 Å². The van der Waals surface area contributed by atoms with Gasteiger partial charge in [0.15, 0.2) is 5.69 Å². The van der Waals surface area contributed by atoms with Gasteiger partial charge in [0, 0.05) is 43.9 Å². The van der Waals surface area contributed by atoms with Gasteiger partial charge in [-0.25, -0.2) is 4.85 Å². The van der Waals surface area contributed by atoms with Gasteiger partial charge in [0.25, 0.3) is 0 Å². The quantitative estimate of drug-likeness (QED) is 0.184. The summed E-state index contributed by atoms with van der Waals surface area (Å²) in [5, 5.41) is 16.7. The molecule has 10 aromatic rings. The SMILES string of the molecule is [C-]#[N+]c1cccc(-c2ccc3oc4cc5oc6ccc(-c7cccc(C#N)c7-n7c8ccccc8c8ccccc87)cc6c5cc4c3c2)c1. The van der Waals surface area contributed by atoms with Crippen LogP contribution in [0.1, 0.15) is 5.56 Å². The molecule has 49 heavy (non-hydrogen) atoms.